The second kappa shape index (κ2) is 30.0. The minimum Gasteiger partial charge on any atom is -0.311 e. The first-order valence-corrected chi connectivity index (χ1v) is 41.0. The van der Waals surface area contributed by atoms with E-state index >= 15 is 0 Å². The molecule has 0 aliphatic carbocycles. The molecule has 0 atom stereocenters. The Labute approximate surface area is 681 Å². The van der Waals surface area contributed by atoms with E-state index in [9.17, 15) is 0 Å². The Bertz CT molecular complexity index is 7160. The summed E-state index contributed by atoms with van der Waals surface area (Å²) < 4.78 is 10.2. The SMILES string of the molecule is c1ccc(-c2ccc(N(c3ccccc3)c3ccc(-n4c5cc(N(c6ccccc6)c6ccccc6)ccc5c5c6sc7ccccc7c6ccc54)cc3)cc2)cc1.c1ccc(N(c2ccccc2)c2ccc(-c3ccc4c5c6sc7ccccc7c6ccc5n(-c5cccc(N(c6ccccc6)c6ccccc6)c5)c4c3)cc2)cc1. The van der Waals surface area contributed by atoms with E-state index in [2.05, 4.69) is 478 Å². The lowest BCUT2D eigenvalue weighted by molar-refractivity contribution is 1.17. The molecule has 22 aromatic rings. The third-order valence-electron chi connectivity index (χ3n) is 22.3. The molecule has 0 radical (unpaired) electrons. The van der Waals surface area contributed by atoms with Crippen molar-refractivity contribution in [3.05, 3.63) is 449 Å². The van der Waals surface area contributed by atoms with Crippen LogP contribution in [0, 0.1) is 0 Å². The van der Waals surface area contributed by atoms with E-state index in [1.807, 2.05) is 22.7 Å². The number of thiophene rings is 2. The quantitative estimate of drug-likeness (QED) is 0.0962. The van der Waals surface area contributed by atoms with Gasteiger partial charge in [-0.2, -0.15) is 0 Å². The fourth-order valence-electron chi connectivity index (χ4n) is 17.0. The highest BCUT2D eigenvalue weighted by Gasteiger charge is 2.25. The van der Waals surface area contributed by atoms with E-state index in [0.717, 1.165) is 79.6 Å². The van der Waals surface area contributed by atoms with E-state index < -0.39 is 0 Å². The second-order valence-corrected chi connectivity index (χ2v) is 31.3. The van der Waals surface area contributed by atoms with Crippen LogP contribution in [0.5, 0.6) is 0 Å². The van der Waals surface area contributed by atoms with Gasteiger partial charge in [0.15, 0.2) is 0 Å². The van der Waals surface area contributed by atoms with Crippen molar-refractivity contribution < 1.29 is 0 Å². The van der Waals surface area contributed by atoms with Crippen LogP contribution < -0.4 is 19.6 Å². The molecule has 4 aromatic heterocycles. The average molecular weight is 1520 g/mol. The molecule has 0 fully saturated rings. The minimum atomic E-state index is 1.09. The van der Waals surface area contributed by atoms with Crippen LogP contribution in [0.15, 0.2) is 449 Å². The van der Waals surface area contributed by atoms with Gasteiger partial charge in [0.25, 0.3) is 0 Å². The van der Waals surface area contributed by atoms with Crippen LogP contribution in [0.25, 0.3) is 118 Å². The molecule has 0 spiro atoms. The molecule has 116 heavy (non-hydrogen) atoms. The van der Waals surface area contributed by atoms with E-state index in [1.165, 1.54) is 106 Å². The van der Waals surface area contributed by atoms with Gasteiger partial charge in [-0.3, -0.25) is 0 Å². The predicted octanol–water partition coefficient (Wildman–Crippen LogP) is 31.5. The lowest BCUT2D eigenvalue weighted by Gasteiger charge is -2.26. The topological polar surface area (TPSA) is 22.8 Å². The molecule has 0 N–H and O–H groups in total. The zero-order valence-corrected chi connectivity index (χ0v) is 64.9. The fourth-order valence-corrected chi connectivity index (χ4v) is 19.5. The van der Waals surface area contributed by atoms with E-state index in [0.29, 0.717) is 0 Å². The number of nitrogens with zero attached hydrogens (tertiary/aromatic N) is 6. The second-order valence-electron chi connectivity index (χ2n) is 29.2. The van der Waals surface area contributed by atoms with Gasteiger partial charge in [0.2, 0.25) is 0 Å². The summed E-state index contributed by atoms with van der Waals surface area (Å²) in [7, 11) is 0. The van der Waals surface area contributed by atoms with Crippen LogP contribution >= 0.6 is 22.7 Å². The Balaban J connectivity index is 0.000000145. The lowest BCUT2D eigenvalue weighted by atomic mass is 10.0. The van der Waals surface area contributed by atoms with Crippen LogP contribution in [0.1, 0.15) is 0 Å². The van der Waals surface area contributed by atoms with Gasteiger partial charge in [-0.1, -0.05) is 255 Å². The standard InChI is InChI=1S/2C54H37N3S/c1-5-16-40(17-6-1)55(41-18-7-2-8-19-41)44-31-28-38(29-32-44)39-30-33-49-51(36-39)57(50-35-34-48-47-26-13-14-27-52(47)58-54(48)53(49)50)46-25-15-24-45(37-46)56(42-20-9-3-10-21-42)43-22-11-4-12-23-43;1-5-15-38(16-6-1)39-25-27-43(28-26-39)55(40-17-7-2-8-18-40)44-29-31-45(32-30-44)57-50-36-35-48-47-23-13-14-24-52(47)58-54(48)53(50)49-34-33-46(37-51(49)57)56(41-19-9-3-10-20-41)42-21-11-4-12-22-42/h2*1-37H. The first-order valence-electron chi connectivity index (χ1n) is 39.4. The van der Waals surface area contributed by atoms with E-state index in [-0.39, 0.29) is 0 Å². The molecule has 22 rings (SSSR count). The Morgan fingerprint density at radius 1 is 0.164 bits per heavy atom. The predicted molar refractivity (Wildman–Crippen MR) is 497 cm³/mol. The molecule has 8 heteroatoms. The molecule has 6 nitrogen and oxygen atoms in total. The van der Waals surface area contributed by atoms with Crippen LogP contribution in [0.2, 0.25) is 0 Å². The third kappa shape index (κ3) is 12.6. The summed E-state index contributed by atoms with van der Waals surface area (Å²) in [5, 5.41) is 10.3. The summed E-state index contributed by atoms with van der Waals surface area (Å²) in [6, 6.07) is 162. The maximum atomic E-state index is 2.47. The van der Waals surface area contributed by atoms with Crippen molar-refractivity contribution in [2.45, 2.75) is 0 Å². The van der Waals surface area contributed by atoms with Crippen LogP contribution in [0.3, 0.4) is 0 Å². The van der Waals surface area contributed by atoms with Gasteiger partial charge >= 0.3 is 0 Å². The van der Waals surface area contributed by atoms with Gasteiger partial charge in [0, 0.05) is 142 Å². The molecule has 0 aliphatic heterocycles. The van der Waals surface area contributed by atoms with E-state index in [4.69, 9.17) is 0 Å². The number of anilines is 12. The highest BCUT2D eigenvalue weighted by molar-refractivity contribution is 7.27. The van der Waals surface area contributed by atoms with Crippen LogP contribution in [-0.4, -0.2) is 9.13 Å². The number of rotatable bonds is 16. The van der Waals surface area contributed by atoms with Gasteiger partial charge in [0.05, 0.1) is 22.1 Å². The maximum Gasteiger partial charge on any atom is 0.0562 e. The highest BCUT2D eigenvalue weighted by atomic mass is 32.1. The summed E-state index contributed by atoms with van der Waals surface area (Å²) >= 11 is 3.78. The Hall–Kier alpha value is -14.8. The summed E-state index contributed by atoms with van der Waals surface area (Å²) in [5.41, 5.74) is 25.1. The molecule has 0 aliphatic rings. The monoisotopic (exact) mass is 1520 g/mol. The molecule has 0 bridgehead atoms. The number of fused-ring (bicyclic) bond motifs is 14. The molecule has 18 aromatic carbocycles. The van der Waals surface area contributed by atoms with Crippen LogP contribution in [0.4, 0.5) is 68.2 Å². The number of aromatic nitrogens is 2. The van der Waals surface area contributed by atoms with Gasteiger partial charge in [-0.05, 0) is 216 Å². The largest absolute Gasteiger partial charge is 0.311 e. The summed E-state index contributed by atoms with van der Waals surface area (Å²) in [6.45, 7) is 0. The number of benzene rings is 18. The minimum absolute atomic E-state index is 1.09. The van der Waals surface area contributed by atoms with Crippen molar-refractivity contribution in [2.24, 2.45) is 0 Å². The molecule has 0 saturated carbocycles. The third-order valence-corrected chi connectivity index (χ3v) is 24.7. The first-order chi connectivity index (χ1) is 57.6. The highest BCUT2D eigenvalue weighted by Crippen LogP contribution is 2.49. The van der Waals surface area contributed by atoms with Gasteiger partial charge in [-0.25, -0.2) is 0 Å². The smallest absolute Gasteiger partial charge is 0.0562 e. The Morgan fingerprint density at radius 3 is 0.871 bits per heavy atom. The van der Waals surface area contributed by atoms with Gasteiger partial charge in [0.1, 0.15) is 0 Å². The zero-order chi connectivity index (χ0) is 76.8. The molecule has 0 amide bonds. The van der Waals surface area contributed by atoms with Crippen LogP contribution in [-0.2, 0) is 0 Å². The first kappa shape index (κ1) is 69.2. The lowest BCUT2D eigenvalue weighted by Crippen LogP contribution is -2.10. The average Bonchev–Trinajstić information content (AvgIpc) is 1.56. The normalized spacial score (nSPS) is 11.4. The maximum absolute atomic E-state index is 2.47. The number of hydrogen-bond donors (Lipinski definition) is 0. The van der Waals surface area contributed by atoms with Crippen molar-refractivity contribution in [2.75, 3.05) is 19.6 Å². The number of para-hydroxylation sites is 7. The van der Waals surface area contributed by atoms with Crippen molar-refractivity contribution >= 4 is 175 Å². The number of hydrogen-bond acceptors (Lipinski definition) is 6. The fraction of sp³-hybridized carbons (Fsp3) is 0. The summed E-state index contributed by atoms with van der Waals surface area (Å²) in [6.07, 6.45) is 0. The zero-order valence-electron chi connectivity index (χ0n) is 63.2. The van der Waals surface area contributed by atoms with Crippen molar-refractivity contribution in [1.82, 2.24) is 9.13 Å². The Kier molecular flexibility index (Phi) is 17.9. The summed E-state index contributed by atoms with van der Waals surface area (Å²) in [5.74, 6) is 0. The summed E-state index contributed by atoms with van der Waals surface area (Å²) in [4.78, 5) is 9.33. The molecular formula is C108H74N6S2. The Morgan fingerprint density at radius 2 is 0.448 bits per heavy atom. The molecule has 548 valence electrons. The van der Waals surface area contributed by atoms with Crippen molar-refractivity contribution in [3.63, 3.8) is 0 Å². The van der Waals surface area contributed by atoms with Crippen molar-refractivity contribution in [1.29, 1.82) is 0 Å². The molecular weight excluding hydrogens is 1450 g/mol. The molecule has 4 heterocycles. The molecule has 0 saturated heterocycles. The van der Waals surface area contributed by atoms with Gasteiger partial charge in [-0.15, -0.1) is 22.7 Å². The van der Waals surface area contributed by atoms with Crippen molar-refractivity contribution in [3.8, 4) is 33.6 Å². The molecule has 0 unspecified atom stereocenters. The van der Waals surface area contributed by atoms with Gasteiger partial charge < -0.3 is 28.7 Å². The van der Waals surface area contributed by atoms with E-state index in [1.54, 1.807) is 0 Å².